The van der Waals surface area contributed by atoms with Gasteiger partial charge in [-0.1, -0.05) is 6.07 Å². The molecular formula is C28H34N2O11. The molecule has 4 aliphatic rings. The Morgan fingerprint density at radius 3 is 2.63 bits per heavy atom. The molecule has 0 radical (unpaired) electrons. The molecule has 2 bridgehead atoms. The number of piperidine rings is 1. The topological polar surface area (TPSA) is 181 Å². The maximum absolute atomic E-state index is 13.1. The molecule has 4 N–H and O–H groups in total. The second-order valence-corrected chi connectivity index (χ2v) is 11.1. The number of benzene rings is 1. The molecule has 2 aliphatic heterocycles. The van der Waals surface area contributed by atoms with Gasteiger partial charge in [0.05, 0.1) is 24.5 Å². The second kappa shape index (κ2) is 10.3. The third-order valence-corrected chi connectivity index (χ3v) is 8.78. The van der Waals surface area contributed by atoms with E-state index in [0.717, 1.165) is 18.1 Å². The van der Waals surface area contributed by atoms with Crippen LogP contribution in [0.2, 0.25) is 0 Å². The summed E-state index contributed by atoms with van der Waals surface area (Å²) in [7, 11) is 3.51. The van der Waals surface area contributed by atoms with Gasteiger partial charge in [0.15, 0.2) is 23.7 Å². The highest BCUT2D eigenvalue weighted by Gasteiger charge is 2.72. The van der Waals surface area contributed by atoms with Crippen LogP contribution < -0.4 is 14.8 Å². The van der Waals surface area contributed by atoms with E-state index in [2.05, 4.69) is 4.90 Å². The molecule has 1 aromatic carbocycles. The number of nitrogens with one attached hydrogen (secondary N) is 1. The zero-order chi connectivity index (χ0) is 29.9. The van der Waals surface area contributed by atoms with Crippen molar-refractivity contribution in [1.82, 2.24) is 10.2 Å². The number of aliphatic hydroxyl groups is 2. The summed E-state index contributed by atoms with van der Waals surface area (Å²) in [6.07, 6.45) is -1.50. The molecule has 0 aromatic heterocycles. The van der Waals surface area contributed by atoms with Crippen molar-refractivity contribution < 1.29 is 53.4 Å². The van der Waals surface area contributed by atoms with Crippen molar-refractivity contribution >= 4 is 23.8 Å². The van der Waals surface area contributed by atoms with Gasteiger partial charge in [-0.25, -0.2) is 9.59 Å². The fourth-order valence-corrected chi connectivity index (χ4v) is 6.74. The Balaban J connectivity index is 1.35. The van der Waals surface area contributed by atoms with E-state index < -0.39 is 65.6 Å². The van der Waals surface area contributed by atoms with Gasteiger partial charge in [0.2, 0.25) is 5.91 Å². The van der Waals surface area contributed by atoms with Crippen molar-refractivity contribution in [2.75, 3.05) is 20.7 Å². The Hall–Kier alpha value is -3.68. The van der Waals surface area contributed by atoms with Crippen LogP contribution in [0.1, 0.15) is 44.2 Å². The first kappa shape index (κ1) is 28.8. The first-order valence-corrected chi connectivity index (χ1v) is 13.5. The number of aliphatic carboxylic acids is 1. The summed E-state index contributed by atoms with van der Waals surface area (Å²) in [4.78, 5) is 50.8. The van der Waals surface area contributed by atoms with E-state index in [4.69, 9.17) is 18.9 Å². The lowest BCUT2D eigenvalue weighted by Gasteiger charge is -2.61. The third kappa shape index (κ3) is 4.43. The smallest absolute Gasteiger partial charge is 0.352 e. The molecule has 1 aromatic rings. The molecule has 1 saturated heterocycles. The van der Waals surface area contributed by atoms with Crippen molar-refractivity contribution in [3.63, 3.8) is 0 Å². The van der Waals surface area contributed by atoms with Gasteiger partial charge in [0.25, 0.3) is 0 Å². The SMILES string of the molecule is COc1ccc2c3c1O[C@H]1C(OC(=O)C(C)OC(=O)CC(NC(=O)C(C)O)C(=O)O)=CC[C@@]4(O)[C@@H](C2)N(C)CC[C@]314. The van der Waals surface area contributed by atoms with Gasteiger partial charge in [-0.05, 0) is 58.0 Å². The zero-order valence-corrected chi connectivity index (χ0v) is 23.2. The minimum absolute atomic E-state index is 0.181. The van der Waals surface area contributed by atoms with E-state index in [1.807, 2.05) is 24.5 Å². The van der Waals surface area contributed by atoms with Gasteiger partial charge < -0.3 is 44.5 Å². The summed E-state index contributed by atoms with van der Waals surface area (Å²) in [6, 6.07) is 1.96. The number of rotatable bonds is 9. The molecule has 41 heavy (non-hydrogen) atoms. The van der Waals surface area contributed by atoms with Crippen molar-refractivity contribution in [3.8, 4) is 11.5 Å². The first-order valence-electron chi connectivity index (χ1n) is 13.5. The van der Waals surface area contributed by atoms with Gasteiger partial charge in [0.1, 0.15) is 17.9 Å². The fraction of sp³-hybridized carbons (Fsp3) is 0.571. The van der Waals surface area contributed by atoms with Gasteiger partial charge in [-0.15, -0.1) is 0 Å². The maximum Gasteiger partial charge on any atom is 0.352 e. The van der Waals surface area contributed by atoms with Crippen LogP contribution in [0, 0.1) is 0 Å². The minimum Gasteiger partial charge on any atom is -0.493 e. The lowest BCUT2D eigenvalue weighted by Crippen LogP contribution is -2.74. The zero-order valence-electron chi connectivity index (χ0n) is 23.2. The van der Waals surface area contributed by atoms with E-state index in [1.54, 1.807) is 6.08 Å². The van der Waals surface area contributed by atoms with Crippen LogP contribution in [-0.4, -0.2) is 101 Å². The van der Waals surface area contributed by atoms with Crippen LogP contribution in [0.25, 0.3) is 0 Å². The highest BCUT2D eigenvalue weighted by atomic mass is 16.6. The number of hydrogen-bond donors (Lipinski definition) is 4. The van der Waals surface area contributed by atoms with Gasteiger partial charge in [-0.3, -0.25) is 9.59 Å². The Kier molecular flexibility index (Phi) is 7.24. The number of nitrogens with zero attached hydrogens (tertiary/aromatic N) is 1. The number of methoxy groups -OCH3 is 1. The van der Waals surface area contributed by atoms with Crippen LogP contribution in [-0.2, 0) is 40.5 Å². The van der Waals surface area contributed by atoms with Crippen LogP contribution in [0.4, 0.5) is 0 Å². The molecule has 1 spiro atoms. The number of esters is 2. The van der Waals surface area contributed by atoms with Gasteiger partial charge in [-0.2, -0.15) is 0 Å². The van der Waals surface area contributed by atoms with E-state index in [1.165, 1.54) is 14.0 Å². The Morgan fingerprint density at radius 1 is 1.24 bits per heavy atom. The number of likely N-dealkylation sites (N-methyl/N-ethyl adjacent to an activating group) is 1. The van der Waals surface area contributed by atoms with Crippen LogP contribution in [0.15, 0.2) is 24.0 Å². The average Bonchev–Trinajstić information content (AvgIpc) is 3.27. The Bertz CT molecular complexity index is 1330. The van der Waals surface area contributed by atoms with Crippen LogP contribution in [0.3, 0.4) is 0 Å². The van der Waals surface area contributed by atoms with Gasteiger partial charge in [0, 0.05) is 18.0 Å². The molecule has 0 saturated carbocycles. The summed E-state index contributed by atoms with van der Waals surface area (Å²) in [5.74, 6) is -3.26. The highest BCUT2D eigenvalue weighted by molar-refractivity contribution is 5.89. The molecule has 7 atom stereocenters. The number of carboxylic acids is 1. The number of carbonyl (C=O) groups excluding carboxylic acids is 3. The lowest BCUT2D eigenvalue weighted by molar-refractivity contribution is -0.175. The van der Waals surface area contributed by atoms with Crippen molar-refractivity contribution in [3.05, 3.63) is 35.1 Å². The molecular weight excluding hydrogens is 540 g/mol. The first-order chi connectivity index (χ1) is 19.3. The quantitative estimate of drug-likeness (QED) is 0.285. The molecule has 2 aliphatic carbocycles. The molecule has 222 valence electrons. The Labute approximate surface area is 236 Å². The van der Waals surface area contributed by atoms with E-state index in [0.29, 0.717) is 30.9 Å². The Morgan fingerprint density at radius 2 is 1.98 bits per heavy atom. The van der Waals surface area contributed by atoms with Crippen LogP contribution >= 0.6 is 0 Å². The average molecular weight is 575 g/mol. The lowest BCUT2D eigenvalue weighted by atomic mass is 9.50. The molecule has 13 heteroatoms. The molecule has 1 fully saturated rings. The molecule has 1 amide bonds. The third-order valence-electron chi connectivity index (χ3n) is 8.78. The standard InChI is InChI=1S/C28H34N2O11/c1-13(31)24(33)29-16(25(34)35)12-20(32)39-14(2)26(36)40-18-7-8-28(37)19-11-15-5-6-17(38-4)22-21(15)27(28,23(18)41-22)9-10-30(19)3/h5-7,13-14,16,19,23,31,37H,8-12H2,1-4H3,(H,29,33)(H,34,35)/t13?,14?,16?,19-,23+,27+,28-/m1/s1. The minimum atomic E-state index is -1.66. The maximum atomic E-state index is 13.1. The van der Waals surface area contributed by atoms with Crippen molar-refractivity contribution in [1.29, 1.82) is 0 Å². The molecule has 13 nitrogen and oxygen atoms in total. The predicted octanol–water partition coefficient (Wildman–Crippen LogP) is -0.212. The number of amides is 1. The van der Waals surface area contributed by atoms with Crippen LogP contribution in [0.5, 0.6) is 11.5 Å². The number of hydrogen-bond acceptors (Lipinski definition) is 11. The molecule has 2 heterocycles. The normalized spacial score (nSPS) is 29.6. The largest absolute Gasteiger partial charge is 0.493 e. The number of carbonyl (C=O) groups is 4. The summed E-state index contributed by atoms with van der Waals surface area (Å²) in [5, 5.41) is 32.9. The van der Waals surface area contributed by atoms with Crippen molar-refractivity contribution in [2.45, 2.75) is 80.9 Å². The van der Waals surface area contributed by atoms with E-state index >= 15 is 0 Å². The highest BCUT2D eigenvalue weighted by Crippen LogP contribution is 2.65. The monoisotopic (exact) mass is 574 g/mol. The van der Waals surface area contributed by atoms with E-state index in [9.17, 15) is 34.5 Å². The molecule has 3 unspecified atom stereocenters. The number of aliphatic hydroxyl groups excluding tert-OH is 1. The van der Waals surface area contributed by atoms with Crippen molar-refractivity contribution in [2.24, 2.45) is 0 Å². The second-order valence-electron chi connectivity index (χ2n) is 11.1. The summed E-state index contributed by atoms with van der Waals surface area (Å²) >= 11 is 0. The number of ether oxygens (including phenoxy) is 4. The number of carboxylic acid groups (broad SMARTS) is 1. The summed E-state index contributed by atoms with van der Waals surface area (Å²) < 4.78 is 22.8. The summed E-state index contributed by atoms with van der Waals surface area (Å²) in [6.45, 7) is 3.11. The summed E-state index contributed by atoms with van der Waals surface area (Å²) in [5.41, 5.74) is -0.169. The van der Waals surface area contributed by atoms with Gasteiger partial charge >= 0.3 is 17.9 Å². The number of likely N-dealkylation sites (tertiary alicyclic amines) is 1. The van der Waals surface area contributed by atoms with E-state index in [-0.39, 0.29) is 18.2 Å². The predicted molar refractivity (Wildman–Crippen MR) is 139 cm³/mol. The fourth-order valence-electron chi connectivity index (χ4n) is 6.74. The molecule has 5 rings (SSSR count).